The van der Waals surface area contributed by atoms with E-state index in [2.05, 4.69) is 15.9 Å². The van der Waals surface area contributed by atoms with E-state index in [0.717, 1.165) is 17.8 Å². The van der Waals surface area contributed by atoms with Crippen molar-refractivity contribution >= 4 is 21.6 Å². The van der Waals surface area contributed by atoms with Crippen molar-refractivity contribution in [3.63, 3.8) is 0 Å². The minimum atomic E-state index is -4.29. The zero-order valence-corrected chi connectivity index (χ0v) is 11.2. The van der Waals surface area contributed by atoms with Gasteiger partial charge in [-0.15, -0.1) is 0 Å². The molecule has 0 amide bonds. The van der Waals surface area contributed by atoms with Crippen LogP contribution in [0.25, 0.3) is 0 Å². The standard InChI is InChI=1S/C12H15BrF3N/c1-2-17(9-5-8-13)11-7-4-3-6-10(11)12(14,15)16/h3-4,6-7H,2,5,8-9H2,1H3. The van der Waals surface area contributed by atoms with Gasteiger partial charge in [0.2, 0.25) is 0 Å². The maximum absolute atomic E-state index is 12.8. The lowest BCUT2D eigenvalue weighted by molar-refractivity contribution is -0.137. The molecule has 0 spiro atoms. The molecule has 17 heavy (non-hydrogen) atoms. The highest BCUT2D eigenvalue weighted by molar-refractivity contribution is 9.09. The lowest BCUT2D eigenvalue weighted by Gasteiger charge is -2.26. The molecule has 0 fully saturated rings. The maximum Gasteiger partial charge on any atom is 0.418 e. The second kappa shape index (κ2) is 6.28. The van der Waals surface area contributed by atoms with Crippen molar-refractivity contribution in [2.45, 2.75) is 19.5 Å². The summed E-state index contributed by atoms with van der Waals surface area (Å²) in [4.78, 5) is 1.75. The van der Waals surface area contributed by atoms with Gasteiger partial charge >= 0.3 is 6.18 Å². The average molecular weight is 310 g/mol. The zero-order valence-electron chi connectivity index (χ0n) is 9.60. The molecule has 0 saturated carbocycles. The second-order valence-electron chi connectivity index (χ2n) is 3.64. The Morgan fingerprint density at radius 1 is 1.24 bits per heavy atom. The number of alkyl halides is 4. The summed E-state index contributed by atoms with van der Waals surface area (Å²) in [5, 5.41) is 0.789. The largest absolute Gasteiger partial charge is 0.418 e. The predicted molar refractivity (Wildman–Crippen MR) is 67.7 cm³/mol. The van der Waals surface area contributed by atoms with E-state index in [1.165, 1.54) is 12.1 Å². The highest BCUT2D eigenvalue weighted by atomic mass is 79.9. The molecule has 0 N–H and O–H groups in total. The van der Waals surface area contributed by atoms with Gasteiger partial charge in [-0.3, -0.25) is 0 Å². The normalized spacial score (nSPS) is 11.6. The molecular weight excluding hydrogens is 295 g/mol. The van der Waals surface area contributed by atoms with Gasteiger partial charge in [0.05, 0.1) is 5.56 Å². The summed E-state index contributed by atoms with van der Waals surface area (Å²) in [5.74, 6) is 0. The Bertz CT molecular complexity index is 352. The third-order valence-corrected chi connectivity index (χ3v) is 3.05. The van der Waals surface area contributed by atoms with E-state index in [1.807, 2.05) is 6.92 Å². The molecule has 1 aromatic carbocycles. The fourth-order valence-electron chi connectivity index (χ4n) is 1.69. The Hall–Kier alpha value is -0.710. The lowest BCUT2D eigenvalue weighted by Crippen LogP contribution is -2.26. The monoisotopic (exact) mass is 309 g/mol. The Morgan fingerprint density at radius 3 is 2.41 bits per heavy atom. The Balaban J connectivity index is 3.02. The van der Waals surface area contributed by atoms with Gasteiger partial charge in [-0.1, -0.05) is 28.1 Å². The lowest BCUT2D eigenvalue weighted by atomic mass is 10.1. The summed E-state index contributed by atoms with van der Waals surface area (Å²) in [5.41, 5.74) is -0.292. The van der Waals surface area contributed by atoms with Gasteiger partial charge in [0.25, 0.3) is 0 Å². The van der Waals surface area contributed by atoms with E-state index in [1.54, 1.807) is 11.0 Å². The highest BCUT2D eigenvalue weighted by Crippen LogP contribution is 2.36. The Kier molecular flexibility index (Phi) is 5.31. The molecule has 0 bridgehead atoms. The first-order valence-corrected chi connectivity index (χ1v) is 6.60. The van der Waals surface area contributed by atoms with E-state index in [0.29, 0.717) is 13.1 Å². The first-order valence-electron chi connectivity index (χ1n) is 5.47. The summed E-state index contributed by atoms with van der Waals surface area (Å²) in [6.07, 6.45) is -3.47. The van der Waals surface area contributed by atoms with Gasteiger partial charge in [0, 0.05) is 24.1 Å². The maximum atomic E-state index is 12.8. The molecule has 0 aliphatic rings. The molecule has 0 saturated heterocycles. The smallest absolute Gasteiger partial charge is 0.371 e. The molecule has 0 aliphatic carbocycles. The minimum Gasteiger partial charge on any atom is -0.371 e. The molecule has 1 nitrogen and oxygen atoms in total. The van der Waals surface area contributed by atoms with E-state index < -0.39 is 11.7 Å². The number of halogens is 4. The second-order valence-corrected chi connectivity index (χ2v) is 4.43. The summed E-state index contributed by atoms with van der Waals surface area (Å²) in [6.45, 7) is 3.05. The molecule has 0 aromatic heterocycles. The molecule has 0 atom stereocenters. The van der Waals surface area contributed by atoms with Crippen LogP contribution in [0.15, 0.2) is 24.3 Å². The zero-order chi connectivity index (χ0) is 12.9. The van der Waals surface area contributed by atoms with Crippen molar-refractivity contribution in [3.05, 3.63) is 29.8 Å². The first kappa shape index (κ1) is 14.4. The molecular formula is C12H15BrF3N. The van der Waals surface area contributed by atoms with Crippen LogP contribution < -0.4 is 4.90 Å². The quantitative estimate of drug-likeness (QED) is 0.732. The highest BCUT2D eigenvalue weighted by Gasteiger charge is 2.34. The van der Waals surface area contributed by atoms with Crippen LogP contribution in [0.3, 0.4) is 0 Å². The van der Waals surface area contributed by atoms with Gasteiger partial charge in [-0.25, -0.2) is 0 Å². The molecule has 5 heteroatoms. The summed E-state index contributed by atoms with van der Waals surface area (Å²) < 4.78 is 38.5. The van der Waals surface area contributed by atoms with Crippen molar-refractivity contribution in [1.29, 1.82) is 0 Å². The van der Waals surface area contributed by atoms with Crippen molar-refractivity contribution in [2.24, 2.45) is 0 Å². The van der Waals surface area contributed by atoms with Crippen LogP contribution >= 0.6 is 15.9 Å². The summed E-state index contributed by atoms with van der Waals surface area (Å²) >= 11 is 3.29. The van der Waals surface area contributed by atoms with Gasteiger partial charge in [0.15, 0.2) is 0 Å². The Labute approximate surface area is 108 Å². The molecule has 96 valence electrons. The number of anilines is 1. The van der Waals surface area contributed by atoms with Crippen molar-refractivity contribution in [1.82, 2.24) is 0 Å². The van der Waals surface area contributed by atoms with Gasteiger partial charge in [-0.05, 0) is 25.5 Å². The average Bonchev–Trinajstić information content (AvgIpc) is 2.29. The Morgan fingerprint density at radius 2 is 1.88 bits per heavy atom. The molecule has 0 heterocycles. The van der Waals surface area contributed by atoms with Crippen molar-refractivity contribution in [3.8, 4) is 0 Å². The van der Waals surface area contributed by atoms with Crippen LogP contribution in [-0.2, 0) is 6.18 Å². The van der Waals surface area contributed by atoms with Crippen LogP contribution in [0.2, 0.25) is 0 Å². The van der Waals surface area contributed by atoms with E-state index in [4.69, 9.17) is 0 Å². The minimum absolute atomic E-state index is 0.267. The van der Waals surface area contributed by atoms with Crippen molar-refractivity contribution < 1.29 is 13.2 Å². The molecule has 1 rings (SSSR count). The van der Waals surface area contributed by atoms with Gasteiger partial charge < -0.3 is 4.90 Å². The predicted octanol–water partition coefficient (Wildman–Crippen LogP) is 4.32. The molecule has 1 aromatic rings. The summed E-state index contributed by atoms with van der Waals surface area (Å²) in [6, 6.07) is 5.72. The topological polar surface area (TPSA) is 3.24 Å². The van der Waals surface area contributed by atoms with Crippen LogP contribution in [-0.4, -0.2) is 18.4 Å². The number of benzene rings is 1. The van der Waals surface area contributed by atoms with Crippen LogP contribution in [0.4, 0.5) is 18.9 Å². The van der Waals surface area contributed by atoms with Gasteiger partial charge in [0.1, 0.15) is 0 Å². The molecule has 0 aliphatic heterocycles. The van der Waals surface area contributed by atoms with Crippen molar-refractivity contribution in [2.75, 3.05) is 23.3 Å². The molecule has 0 unspecified atom stereocenters. The SMILES string of the molecule is CCN(CCCBr)c1ccccc1C(F)(F)F. The third-order valence-electron chi connectivity index (χ3n) is 2.49. The third kappa shape index (κ3) is 3.91. The van der Waals surface area contributed by atoms with E-state index in [-0.39, 0.29) is 5.69 Å². The van der Waals surface area contributed by atoms with Crippen LogP contribution in [0, 0.1) is 0 Å². The number of rotatable bonds is 5. The van der Waals surface area contributed by atoms with Gasteiger partial charge in [-0.2, -0.15) is 13.2 Å². The van der Waals surface area contributed by atoms with Crippen LogP contribution in [0.5, 0.6) is 0 Å². The fraction of sp³-hybridized carbons (Fsp3) is 0.500. The number of hydrogen-bond donors (Lipinski definition) is 0. The fourth-order valence-corrected chi connectivity index (χ4v) is 1.94. The first-order chi connectivity index (χ1) is 8.00. The van der Waals surface area contributed by atoms with E-state index in [9.17, 15) is 13.2 Å². The number of nitrogens with zero attached hydrogens (tertiary/aromatic N) is 1. The number of hydrogen-bond acceptors (Lipinski definition) is 1. The van der Waals surface area contributed by atoms with Crippen LogP contribution in [0.1, 0.15) is 18.9 Å². The summed E-state index contributed by atoms with van der Waals surface area (Å²) in [7, 11) is 0. The van der Waals surface area contributed by atoms with E-state index >= 15 is 0 Å². The number of para-hydroxylation sites is 1. The molecule has 0 radical (unpaired) electrons.